The van der Waals surface area contributed by atoms with E-state index in [0.29, 0.717) is 18.7 Å². The summed E-state index contributed by atoms with van der Waals surface area (Å²) in [6.45, 7) is 4.05. The molecule has 3 rings (SSSR count). The van der Waals surface area contributed by atoms with Gasteiger partial charge in [0, 0.05) is 11.8 Å². The van der Waals surface area contributed by atoms with Gasteiger partial charge in [0.25, 0.3) is 0 Å². The minimum absolute atomic E-state index is 0.0731. The minimum atomic E-state index is -2.91. The van der Waals surface area contributed by atoms with Gasteiger partial charge in [-0.05, 0) is 37.3 Å². The monoisotopic (exact) mass is 397 g/mol. The zero-order valence-corrected chi connectivity index (χ0v) is 17.4. The first-order valence-electron chi connectivity index (χ1n) is 9.93. The van der Waals surface area contributed by atoms with Crippen LogP contribution >= 0.6 is 7.29 Å². The number of carbonyl (C=O) groups excluding carboxylic acids is 1. The molecule has 0 bridgehead atoms. The maximum Gasteiger partial charge on any atom is 0.332 e. The van der Waals surface area contributed by atoms with Crippen molar-refractivity contribution >= 4 is 13.3 Å². The molecule has 5 heteroatoms. The normalized spacial score (nSPS) is 21.3. The summed E-state index contributed by atoms with van der Waals surface area (Å²) in [4.78, 5) is 12.0. The quantitative estimate of drug-likeness (QED) is 0.354. The minimum Gasteiger partial charge on any atom is -0.463 e. The fourth-order valence-corrected chi connectivity index (χ4v) is 7.68. The molecule has 2 aromatic carbocycles. The van der Waals surface area contributed by atoms with E-state index in [1.165, 1.54) is 6.08 Å². The van der Waals surface area contributed by atoms with E-state index in [1.807, 2.05) is 67.6 Å². The maximum atomic E-state index is 14.5. The molecule has 1 saturated heterocycles. The number of ether oxygens (including phenoxy) is 1. The standard InChI is InChI=1S/C23H28NO3P/c1-3-20(17-23(25)27-4-2)24-28(26)21(18-11-7-5-8-12-18)15-16-22(28)19-13-9-6-10-14-19/h5-14,17,21-22H,3-4,15-16H2,1-2H3,(H,24,26)/b20-17-/t21-,22-/m0/s1. The average molecular weight is 397 g/mol. The summed E-state index contributed by atoms with van der Waals surface area (Å²) >= 11 is 0. The number of benzene rings is 2. The molecule has 4 nitrogen and oxygen atoms in total. The van der Waals surface area contributed by atoms with Gasteiger partial charge in [-0.3, -0.25) is 4.57 Å². The number of esters is 1. The van der Waals surface area contributed by atoms with E-state index in [9.17, 15) is 9.36 Å². The Balaban J connectivity index is 1.99. The van der Waals surface area contributed by atoms with Gasteiger partial charge in [-0.2, -0.15) is 0 Å². The number of allylic oxidation sites excluding steroid dienone is 1. The highest BCUT2D eigenvalue weighted by Crippen LogP contribution is 2.74. The summed E-state index contributed by atoms with van der Waals surface area (Å²) in [6, 6.07) is 20.1. The van der Waals surface area contributed by atoms with Crippen molar-refractivity contribution in [1.82, 2.24) is 5.09 Å². The molecule has 0 saturated carbocycles. The molecule has 148 valence electrons. The van der Waals surface area contributed by atoms with E-state index in [-0.39, 0.29) is 11.3 Å². The third-order valence-corrected chi connectivity index (χ3v) is 8.89. The van der Waals surface area contributed by atoms with Crippen LogP contribution in [0.2, 0.25) is 0 Å². The molecule has 0 aromatic heterocycles. The first-order valence-corrected chi connectivity index (χ1v) is 11.8. The zero-order valence-electron chi connectivity index (χ0n) is 16.5. The second-order valence-corrected chi connectivity index (χ2v) is 9.92. The number of hydrogen-bond donors (Lipinski definition) is 1. The van der Waals surface area contributed by atoms with Gasteiger partial charge >= 0.3 is 5.97 Å². The van der Waals surface area contributed by atoms with Crippen LogP contribution in [0.25, 0.3) is 0 Å². The number of nitrogens with one attached hydrogen (secondary N) is 1. The molecular weight excluding hydrogens is 369 g/mol. The summed E-state index contributed by atoms with van der Waals surface area (Å²) < 4.78 is 19.5. The largest absolute Gasteiger partial charge is 0.463 e. The second kappa shape index (κ2) is 9.25. The lowest BCUT2D eigenvalue weighted by atomic mass is 10.0. The molecular formula is C23H28NO3P. The van der Waals surface area contributed by atoms with Crippen LogP contribution in [0.1, 0.15) is 55.6 Å². The fourth-order valence-electron chi connectivity index (χ4n) is 3.96. The van der Waals surface area contributed by atoms with E-state index >= 15 is 0 Å². The smallest absolute Gasteiger partial charge is 0.332 e. The van der Waals surface area contributed by atoms with Crippen LogP contribution in [0, 0.1) is 0 Å². The van der Waals surface area contributed by atoms with Gasteiger partial charge in [0.1, 0.15) is 0 Å². The molecule has 0 radical (unpaired) electrons. The van der Waals surface area contributed by atoms with Crippen molar-refractivity contribution in [3.63, 3.8) is 0 Å². The fraction of sp³-hybridized carbons (Fsp3) is 0.348. The van der Waals surface area contributed by atoms with Crippen LogP contribution in [0.3, 0.4) is 0 Å². The molecule has 0 aliphatic carbocycles. The van der Waals surface area contributed by atoms with Crippen molar-refractivity contribution in [2.75, 3.05) is 6.61 Å². The molecule has 0 amide bonds. The Hall–Kier alpha value is -2.32. The van der Waals surface area contributed by atoms with E-state index < -0.39 is 13.3 Å². The molecule has 1 aliphatic heterocycles. The predicted octanol–water partition coefficient (Wildman–Crippen LogP) is 5.99. The summed E-state index contributed by atoms with van der Waals surface area (Å²) in [5, 5.41) is 3.34. The van der Waals surface area contributed by atoms with Gasteiger partial charge in [-0.1, -0.05) is 67.6 Å². The molecule has 2 atom stereocenters. The molecule has 1 heterocycles. The molecule has 0 unspecified atom stereocenters. The van der Waals surface area contributed by atoms with Gasteiger partial charge < -0.3 is 9.82 Å². The van der Waals surface area contributed by atoms with Crippen molar-refractivity contribution in [3.05, 3.63) is 83.6 Å². The number of carbonyl (C=O) groups is 1. The van der Waals surface area contributed by atoms with Crippen molar-refractivity contribution in [3.8, 4) is 0 Å². The topological polar surface area (TPSA) is 55.4 Å². The van der Waals surface area contributed by atoms with Crippen LogP contribution in [0.4, 0.5) is 0 Å². The van der Waals surface area contributed by atoms with Crippen molar-refractivity contribution < 1.29 is 14.1 Å². The highest BCUT2D eigenvalue weighted by Gasteiger charge is 2.47. The van der Waals surface area contributed by atoms with Gasteiger partial charge in [-0.25, -0.2) is 4.79 Å². The lowest BCUT2D eigenvalue weighted by Crippen LogP contribution is -2.17. The molecule has 0 spiro atoms. The van der Waals surface area contributed by atoms with Crippen molar-refractivity contribution in [2.24, 2.45) is 0 Å². The maximum absolute atomic E-state index is 14.5. The highest BCUT2D eigenvalue weighted by molar-refractivity contribution is 7.63. The van der Waals surface area contributed by atoms with Crippen LogP contribution in [0.5, 0.6) is 0 Å². The molecule has 1 aliphatic rings. The Morgan fingerprint density at radius 1 is 1.00 bits per heavy atom. The van der Waals surface area contributed by atoms with E-state index in [4.69, 9.17) is 4.74 Å². The number of hydrogen-bond acceptors (Lipinski definition) is 3. The molecule has 1 fully saturated rings. The second-order valence-electron chi connectivity index (χ2n) is 7.03. The van der Waals surface area contributed by atoms with Crippen molar-refractivity contribution in [2.45, 2.75) is 44.4 Å². The first-order chi connectivity index (χ1) is 13.6. The SMILES string of the molecule is CCOC(=O)/C=C(/CC)NP1(=O)[C@H](c2ccccc2)CC[C@H]1c1ccccc1. The zero-order chi connectivity index (χ0) is 20.0. The van der Waals surface area contributed by atoms with Crippen molar-refractivity contribution in [1.29, 1.82) is 0 Å². The summed E-state index contributed by atoms with van der Waals surface area (Å²) in [7, 11) is -2.91. The molecule has 2 aromatic rings. The summed E-state index contributed by atoms with van der Waals surface area (Å²) in [5.74, 6) is -0.398. The summed E-state index contributed by atoms with van der Waals surface area (Å²) in [6.07, 6.45) is 3.74. The summed E-state index contributed by atoms with van der Waals surface area (Å²) in [5.41, 5.74) is 2.70. The third kappa shape index (κ3) is 4.39. The Morgan fingerprint density at radius 2 is 1.50 bits per heavy atom. The van der Waals surface area contributed by atoms with E-state index in [2.05, 4.69) is 5.09 Å². The third-order valence-electron chi connectivity index (χ3n) is 5.29. The molecule has 1 N–H and O–H groups in total. The lowest BCUT2D eigenvalue weighted by molar-refractivity contribution is -0.137. The van der Waals surface area contributed by atoms with Crippen LogP contribution in [-0.2, 0) is 14.1 Å². The van der Waals surface area contributed by atoms with Gasteiger partial charge in [0.2, 0.25) is 0 Å². The Morgan fingerprint density at radius 3 is 1.93 bits per heavy atom. The average Bonchev–Trinajstić information content (AvgIpc) is 3.05. The Kier molecular flexibility index (Phi) is 6.74. The lowest BCUT2D eigenvalue weighted by Gasteiger charge is -2.29. The molecule has 28 heavy (non-hydrogen) atoms. The number of rotatable bonds is 7. The van der Waals surface area contributed by atoms with Crippen LogP contribution in [0.15, 0.2) is 72.4 Å². The van der Waals surface area contributed by atoms with Gasteiger partial charge in [0.15, 0.2) is 7.29 Å². The van der Waals surface area contributed by atoms with Crippen LogP contribution < -0.4 is 5.09 Å². The van der Waals surface area contributed by atoms with Gasteiger partial charge in [0.05, 0.1) is 17.9 Å². The highest BCUT2D eigenvalue weighted by atomic mass is 31.2. The van der Waals surface area contributed by atoms with E-state index in [0.717, 1.165) is 24.0 Å². The first kappa shape index (κ1) is 20.4. The van der Waals surface area contributed by atoms with Gasteiger partial charge in [-0.15, -0.1) is 0 Å². The predicted molar refractivity (Wildman–Crippen MR) is 113 cm³/mol. The Labute approximate surface area is 167 Å². The van der Waals surface area contributed by atoms with E-state index in [1.54, 1.807) is 6.92 Å². The Bertz CT molecular complexity index is 812. The van der Waals surface area contributed by atoms with Crippen LogP contribution in [-0.4, -0.2) is 12.6 Å².